The van der Waals surface area contributed by atoms with Crippen molar-refractivity contribution in [1.82, 2.24) is 9.78 Å². The summed E-state index contributed by atoms with van der Waals surface area (Å²) >= 11 is 0. The van der Waals surface area contributed by atoms with Crippen molar-refractivity contribution in [1.29, 1.82) is 0 Å². The molecule has 0 spiro atoms. The number of ether oxygens (including phenoxy) is 1. The van der Waals surface area contributed by atoms with E-state index in [2.05, 4.69) is 36.4 Å². The van der Waals surface area contributed by atoms with Gasteiger partial charge in [0, 0.05) is 18.4 Å². The van der Waals surface area contributed by atoms with E-state index < -0.39 is 0 Å². The van der Waals surface area contributed by atoms with Crippen LogP contribution in [-0.2, 0) is 4.74 Å². The maximum atomic E-state index is 6.10. The number of hydrogen-bond donors (Lipinski definition) is 0. The van der Waals surface area contributed by atoms with Gasteiger partial charge in [-0.3, -0.25) is 9.67 Å². The van der Waals surface area contributed by atoms with Crippen molar-refractivity contribution >= 4 is 17.3 Å². The van der Waals surface area contributed by atoms with Crippen molar-refractivity contribution in [3.63, 3.8) is 0 Å². The predicted molar refractivity (Wildman–Crippen MR) is 123 cm³/mol. The molecule has 1 saturated heterocycles. The van der Waals surface area contributed by atoms with E-state index in [1.807, 2.05) is 26.1 Å². The second-order valence-electron chi connectivity index (χ2n) is 8.84. The SMILES string of the molecule is C=CC/C(C)=C1\N=C(C)C(C)=NC1=NC(C)[C@H]1CCO[C@@H](c2cnn(C3CC3)c2)C1. The highest BCUT2D eigenvalue weighted by molar-refractivity contribution is 6.44. The van der Waals surface area contributed by atoms with E-state index >= 15 is 0 Å². The average molecular weight is 408 g/mol. The minimum atomic E-state index is 0.105. The van der Waals surface area contributed by atoms with Crippen LogP contribution in [0.5, 0.6) is 0 Å². The molecule has 1 aliphatic carbocycles. The van der Waals surface area contributed by atoms with E-state index in [-0.39, 0.29) is 12.1 Å². The Morgan fingerprint density at radius 3 is 2.80 bits per heavy atom. The molecule has 160 valence electrons. The molecule has 2 aliphatic heterocycles. The van der Waals surface area contributed by atoms with Crippen molar-refractivity contribution < 1.29 is 4.74 Å². The van der Waals surface area contributed by atoms with Crippen LogP contribution in [0.4, 0.5) is 0 Å². The number of aliphatic imine (C=N–C) groups is 3. The van der Waals surface area contributed by atoms with Gasteiger partial charge in [0.15, 0.2) is 5.84 Å². The molecule has 6 heteroatoms. The molecule has 0 bridgehead atoms. The first kappa shape index (κ1) is 20.9. The Hall–Kier alpha value is -2.34. The molecule has 0 radical (unpaired) electrons. The number of allylic oxidation sites excluding steroid dienone is 2. The van der Waals surface area contributed by atoms with Crippen LogP contribution in [0.3, 0.4) is 0 Å². The van der Waals surface area contributed by atoms with E-state index in [1.54, 1.807) is 0 Å². The largest absolute Gasteiger partial charge is 0.373 e. The minimum Gasteiger partial charge on any atom is -0.373 e. The van der Waals surface area contributed by atoms with Gasteiger partial charge in [-0.1, -0.05) is 6.08 Å². The summed E-state index contributed by atoms with van der Waals surface area (Å²) in [6.07, 6.45) is 11.4. The van der Waals surface area contributed by atoms with Gasteiger partial charge in [0.05, 0.1) is 35.8 Å². The van der Waals surface area contributed by atoms with Gasteiger partial charge in [-0.15, -0.1) is 6.58 Å². The Morgan fingerprint density at radius 1 is 1.30 bits per heavy atom. The summed E-state index contributed by atoms with van der Waals surface area (Å²) in [5.74, 6) is 1.21. The summed E-state index contributed by atoms with van der Waals surface area (Å²) in [6.45, 7) is 12.9. The molecule has 3 heterocycles. The molecule has 6 nitrogen and oxygen atoms in total. The standard InChI is InChI=1S/C24H33N5O/c1-6-7-15(2)23-24(27-17(4)16(3)26-23)28-18(5)19-10-11-30-22(12-19)20-13-25-29(14-20)21-8-9-21/h6,13-14,18-19,21-22H,1,7-12H2,2-5H3/b23-15-,28-24?/t18?,19-,22+/m0/s1. The number of aromatic nitrogens is 2. The van der Waals surface area contributed by atoms with Gasteiger partial charge in [-0.2, -0.15) is 5.10 Å². The van der Waals surface area contributed by atoms with E-state index in [0.29, 0.717) is 12.0 Å². The lowest BCUT2D eigenvalue weighted by molar-refractivity contribution is -0.0144. The Labute approximate surface area is 179 Å². The summed E-state index contributed by atoms with van der Waals surface area (Å²) in [6, 6.07) is 0.755. The summed E-state index contributed by atoms with van der Waals surface area (Å²) in [5, 5.41) is 4.54. The van der Waals surface area contributed by atoms with E-state index in [1.165, 1.54) is 18.4 Å². The van der Waals surface area contributed by atoms with Crippen LogP contribution in [-0.4, -0.2) is 39.7 Å². The fraction of sp³-hybridized carbons (Fsp3) is 0.583. The predicted octanol–water partition coefficient (Wildman–Crippen LogP) is 5.26. The van der Waals surface area contributed by atoms with E-state index in [4.69, 9.17) is 19.7 Å². The fourth-order valence-electron chi connectivity index (χ4n) is 4.13. The molecule has 0 amide bonds. The number of hydrogen-bond acceptors (Lipinski definition) is 4. The quantitative estimate of drug-likeness (QED) is 0.604. The molecule has 1 unspecified atom stereocenters. The van der Waals surface area contributed by atoms with Crippen LogP contribution in [0.1, 0.15) is 77.5 Å². The van der Waals surface area contributed by atoms with E-state index in [9.17, 15) is 0 Å². The molecule has 0 N–H and O–H groups in total. The van der Waals surface area contributed by atoms with Gasteiger partial charge in [-0.05, 0) is 71.3 Å². The Bertz CT molecular complexity index is 931. The second kappa shape index (κ2) is 8.80. The van der Waals surface area contributed by atoms with E-state index in [0.717, 1.165) is 54.4 Å². The van der Waals surface area contributed by atoms with Crippen LogP contribution >= 0.6 is 0 Å². The van der Waals surface area contributed by atoms with Gasteiger partial charge in [-0.25, -0.2) is 9.98 Å². The van der Waals surface area contributed by atoms with Crippen LogP contribution < -0.4 is 0 Å². The topological polar surface area (TPSA) is 64.1 Å². The van der Waals surface area contributed by atoms with Crippen LogP contribution in [0.25, 0.3) is 0 Å². The smallest absolute Gasteiger partial charge is 0.174 e. The first-order valence-corrected chi connectivity index (χ1v) is 11.1. The maximum absolute atomic E-state index is 6.10. The fourth-order valence-corrected chi connectivity index (χ4v) is 4.13. The van der Waals surface area contributed by atoms with Crippen molar-refractivity contribution in [2.45, 2.75) is 78.0 Å². The highest BCUT2D eigenvalue weighted by Crippen LogP contribution is 2.38. The van der Waals surface area contributed by atoms with Crippen molar-refractivity contribution in [2.24, 2.45) is 20.9 Å². The molecule has 2 fully saturated rings. The molecule has 30 heavy (non-hydrogen) atoms. The van der Waals surface area contributed by atoms with Crippen LogP contribution in [0.2, 0.25) is 0 Å². The number of rotatable bonds is 6. The van der Waals surface area contributed by atoms with Crippen LogP contribution in [0.15, 0.2) is 51.3 Å². The molecule has 3 atom stereocenters. The molecule has 1 saturated carbocycles. The number of amidine groups is 1. The van der Waals surface area contributed by atoms with Crippen LogP contribution in [0, 0.1) is 5.92 Å². The minimum absolute atomic E-state index is 0.105. The first-order valence-electron chi connectivity index (χ1n) is 11.1. The maximum Gasteiger partial charge on any atom is 0.174 e. The summed E-state index contributed by atoms with van der Waals surface area (Å²) in [5.41, 5.74) is 5.15. The molecule has 0 aromatic carbocycles. The highest BCUT2D eigenvalue weighted by atomic mass is 16.5. The molecule has 3 aliphatic rings. The zero-order valence-corrected chi connectivity index (χ0v) is 18.6. The highest BCUT2D eigenvalue weighted by Gasteiger charge is 2.31. The average Bonchev–Trinajstić information content (AvgIpc) is 3.47. The van der Waals surface area contributed by atoms with Gasteiger partial charge >= 0.3 is 0 Å². The van der Waals surface area contributed by atoms with Gasteiger partial charge < -0.3 is 4.74 Å². The summed E-state index contributed by atoms with van der Waals surface area (Å²) in [7, 11) is 0. The second-order valence-corrected chi connectivity index (χ2v) is 8.84. The Kier molecular flexibility index (Phi) is 6.14. The normalized spacial score (nSPS) is 28.7. The lowest BCUT2D eigenvalue weighted by Crippen LogP contribution is -2.28. The third-order valence-corrected chi connectivity index (χ3v) is 6.39. The number of nitrogens with zero attached hydrogens (tertiary/aromatic N) is 5. The Balaban J connectivity index is 1.52. The molecule has 4 rings (SSSR count). The summed E-state index contributed by atoms with van der Waals surface area (Å²) in [4.78, 5) is 14.6. The Morgan fingerprint density at radius 2 is 2.07 bits per heavy atom. The molecular weight excluding hydrogens is 374 g/mol. The van der Waals surface area contributed by atoms with Gasteiger partial charge in [0.25, 0.3) is 0 Å². The monoisotopic (exact) mass is 407 g/mol. The van der Waals surface area contributed by atoms with Gasteiger partial charge in [0.1, 0.15) is 5.70 Å². The zero-order chi connectivity index (χ0) is 21.3. The third-order valence-electron chi connectivity index (χ3n) is 6.39. The van der Waals surface area contributed by atoms with Crippen molar-refractivity contribution in [3.8, 4) is 0 Å². The van der Waals surface area contributed by atoms with Crippen molar-refractivity contribution in [3.05, 3.63) is 41.9 Å². The first-order chi connectivity index (χ1) is 14.5. The van der Waals surface area contributed by atoms with Crippen molar-refractivity contribution in [2.75, 3.05) is 6.61 Å². The zero-order valence-electron chi connectivity index (χ0n) is 18.6. The molecule has 1 aromatic heterocycles. The molecular formula is C24H33N5O. The molecule has 1 aromatic rings. The summed E-state index contributed by atoms with van der Waals surface area (Å²) < 4.78 is 8.20. The lowest BCUT2D eigenvalue weighted by Gasteiger charge is -2.31. The third kappa shape index (κ3) is 4.53. The lowest BCUT2D eigenvalue weighted by atomic mass is 9.88. The van der Waals surface area contributed by atoms with Gasteiger partial charge in [0.2, 0.25) is 0 Å².